The maximum absolute atomic E-state index is 12.9. The van der Waals surface area contributed by atoms with Gasteiger partial charge in [-0.05, 0) is 43.4 Å². The van der Waals surface area contributed by atoms with Crippen LogP contribution in [0.5, 0.6) is 0 Å². The van der Waals surface area contributed by atoms with Gasteiger partial charge in [0, 0.05) is 0 Å². The van der Waals surface area contributed by atoms with Crippen LogP contribution in [0.4, 0.5) is 13.2 Å². The molecule has 0 aliphatic heterocycles. The summed E-state index contributed by atoms with van der Waals surface area (Å²) in [6.45, 7) is 4.35. The standard InChI is InChI=1S/C13H21F3/c1-3-11(2)9-10(11)5-8-12(6-4-7-12)13(14,15)16/h10H,3-9H2,1-2H3. The third-order valence-electron chi connectivity index (χ3n) is 5.23. The van der Waals surface area contributed by atoms with Crippen LogP contribution < -0.4 is 0 Å². The van der Waals surface area contributed by atoms with Crippen molar-refractivity contribution in [2.75, 3.05) is 0 Å². The van der Waals surface area contributed by atoms with Crippen LogP contribution in [0.1, 0.15) is 58.8 Å². The van der Waals surface area contributed by atoms with E-state index in [4.69, 9.17) is 0 Å². The van der Waals surface area contributed by atoms with Crippen LogP contribution in [0.15, 0.2) is 0 Å². The highest BCUT2D eigenvalue weighted by atomic mass is 19.4. The van der Waals surface area contributed by atoms with Crippen molar-refractivity contribution in [2.45, 2.75) is 65.0 Å². The second-order valence-electron chi connectivity index (χ2n) is 6.08. The van der Waals surface area contributed by atoms with Gasteiger partial charge >= 0.3 is 6.18 Å². The van der Waals surface area contributed by atoms with Crippen LogP contribution >= 0.6 is 0 Å². The first-order valence-electron chi connectivity index (χ1n) is 6.40. The minimum absolute atomic E-state index is 0.358. The van der Waals surface area contributed by atoms with E-state index < -0.39 is 11.6 Å². The highest BCUT2D eigenvalue weighted by molar-refractivity contribution is 5.01. The van der Waals surface area contributed by atoms with Gasteiger partial charge in [-0.15, -0.1) is 0 Å². The summed E-state index contributed by atoms with van der Waals surface area (Å²) in [5.41, 5.74) is -0.944. The molecule has 0 spiro atoms. The van der Waals surface area contributed by atoms with Crippen molar-refractivity contribution < 1.29 is 13.2 Å². The van der Waals surface area contributed by atoms with Crippen LogP contribution in [0, 0.1) is 16.7 Å². The van der Waals surface area contributed by atoms with E-state index in [-0.39, 0.29) is 0 Å². The molecule has 0 bridgehead atoms. The summed E-state index contributed by atoms with van der Waals surface area (Å²) in [5.74, 6) is 0.553. The summed E-state index contributed by atoms with van der Waals surface area (Å²) in [7, 11) is 0. The predicted octanol–water partition coefficient (Wildman–Crippen LogP) is 4.94. The van der Waals surface area contributed by atoms with E-state index in [1.165, 1.54) is 0 Å². The van der Waals surface area contributed by atoms with Gasteiger partial charge in [0.1, 0.15) is 0 Å². The van der Waals surface area contributed by atoms with Crippen molar-refractivity contribution in [3.05, 3.63) is 0 Å². The maximum Gasteiger partial charge on any atom is 0.394 e. The average molecular weight is 234 g/mol. The molecule has 2 aliphatic rings. The molecule has 0 nitrogen and oxygen atoms in total. The molecule has 0 aromatic carbocycles. The molecular weight excluding hydrogens is 213 g/mol. The fraction of sp³-hybridized carbons (Fsp3) is 1.00. The number of rotatable bonds is 4. The first-order chi connectivity index (χ1) is 7.33. The number of halogens is 3. The molecule has 0 saturated heterocycles. The lowest BCUT2D eigenvalue weighted by molar-refractivity contribution is -0.254. The summed E-state index contributed by atoms with van der Waals surface area (Å²) in [6, 6.07) is 0. The van der Waals surface area contributed by atoms with Crippen LogP contribution in [-0.2, 0) is 0 Å². The zero-order chi connectivity index (χ0) is 12.0. The highest BCUT2D eigenvalue weighted by Gasteiger charge is 2.59. The van der Waals surface area contributed by atoms with Gasteiger partial charge in [-0.3, -0.25) is 0 Å². The molecule has 2 fully saturated rings. The first-order valence-corrected chi connectivity index (χ1v) is 6.40. The minimum Gasteiger partial charge on any atom is -0.171 e. The molecule has 2 atom stereocenters. The lowest BCUT2D eigenvalue weighted by Crippen LogP contribution is -2.43. The van der Waals surface area contributed by atoms with Crippen molar-refractivity contribution in [3.63, 3.8) is 0 Å². The van der Waals surface area contributed by atoms with E-state index in [0.717, 1.165) is 25.7 Å². The molecule has 2 aliphatic carbocycles. The fourth-order valence-electron chi connectivity index (χ4n) is 3.12. The Hall–Kier alpha value is -0.210. The average Bonchev–Trinajstić information content (AvgIpc) is 2.74. The topological polar surface area (TPSA) is 0 Å². The van der Waals surface area contributed by atoms with Crippen molar-refractivity contribution >= 4 is 0 Å². The van der Waals surface area contributed by atoms with E-state index in [1.54, 1.807) is 0 Å². The molecule has 0 N–H and O–H groups in total. The second-order valence-corrected chi connectivity index (χ2v) is 6.08. The third-order valence-corrected chi connectivity index (χ3v) is 5.23. The Morgan fingerprint density at radius 3 is 2.19 bits per heavy atom. The number of hydrogen-bond donors (Lipinski definition) is 0. The molecule has 2 rings (SSSR count). The van der Waals surface area contributed by atoms with Crippen molar-refractivity contribution in [2.24, 2.45) is 16.7 Å². The van der Waals surface area contributed by atoms with Crippen molar-refractivity contribution in [1.29, 1.82) is 0 Å². The lowest BCUT2D eigenvalue weighted by atomic mass is 9.65. The van der Waals surface area contributed by atoms with E-state index in [9.17, 15) is 13.2 Å². The summed E-state index contributed by atoms with van der Waals surface area (Å²) in [5, 5.41) is 0. The Labute approximate surface area is 95.6 Å². The number of alkyl halides is 3. The fourth-order valence-corrected chi connectivity index (χ4v) is 3.12. The number of hydrogen-bond acceptors (Lipinski definition) is 0. The normalized spacial score (nSPS) is 36.9. The molecule has 0 heterocycles. The lowest BCUT2D eigenvalue weighted by Gasteiger charge is -2.43. The van der Waals surface area contributed by atoms with Gasteiger partial charge in [-0.1, -0.05) is 26.7 Å². The highest BCUT2D eigenvalue weighted by Crippen LogP contribution is 2.61. The Morgan fingerprint density at radius 2 is 1.88 bits per heavy atom. The summed E-state index contributed by atoms with van der Waals surface area (Å²) >= 11 is 0. The van der Waals surface area contributed by atoms with Crippen molar-refractivity contribution in [1.82, 2.24) is 0 Å². The van der Waals surface area contributed by atoms with E-state index in [0.29, 0.717) is 30.6 Å². The smallest absolute Gasteiger partial charge is 0.171 e. The molecular formula is C13H21F3. The van der Waals surface area contributed by atoms with Gasteiger partial charge in [0.15, 0.2) is 0 Å². The van der Waals surface area contributed by atoms with Crippen LogP contribution in [0.3, 0.4) is 0 Å². The van der Waals surface area contributed by atoms with Gasteiger partial charge in [0.05, 0.1) is 5.41 Å². The van der Waals surface area contributed by atoms with Crippen LogP contribution in [0.2, 0.25) is 0 Å². The quantitative estimate of drug-likeness (QED) is 0.646. The van der Waals surface area contributed by atoms with Crippen LogP contribution in [-0.4, -0.2) is 6.18 Å². The molecule has 2 saturated carbocycles. The first kappa shape index (κ1) is 12.3. The zero-order valence-electron chi connectivity index (χ0n) is 10.2. The Kier molecular flexibility index (Phi) is 2.79. The van der Waals surface area contributed by atoms with Gasteiger partial charge in [-0.25, -0.2) is 0 Å². The summed E-state index contributed by atoms with van der Waals surface area (Å²) in [4.78, 5) is 0. The third kappa shape index (κ3) is 1.86. The summed E-state index contributed by atoms with van der Waals surface area (Å²) < 4.78 is 38.7. The molecule has 3 heteroatoms. The van der Waals surface area contributed by atoms with Gasteiger partial charge < -0.3 is 0 Å². The molecule has 0 radical (unpaired) electrons. The van der Waals surface area contributed by atoms with E-state index >= 15 is 0 Å². The van der Waals surface area contributed by atoms with Crippen LogP contribution in [0.25, 0.3) is 0 Å². The van der Waals surface area contributed by atoms with Crippen molar-refractivity contribution in [3.8, 4) is 0 Å². The monoisotopic (exact) mass is 234 g/mol. The molecule has 16 heavy (non-hydrogen) atoms. The van der Waals surface area contributed by atoms with E-state index in [1.807, 2.05) is 0 Å². The molecule has 94 valence electrons. The molecule has 0 aromatic rings. The Bertz CT molecular complexity index is 265. The Balaban J connectivity index is 1.86. The summed E-state index contributed by atoms with van der Waals surface area (Å²) in [6.07, 6.45) is 0.921. The minimum atomic E-state index is -3.97. The van der Waals surface area contributed by atoms with E-state index in [2.05, 4.69) is 13.8 Å². The van der Waals surface area contributed by atoms with Gasteiger partial charge in [0.25, 0.3) is 0 Å². The predicted molar refractivity (Wildman–Crippen MR) is 58.1 cm³/mol. The molecule has 2 unspecified atom stereocenters. The molecule has 0 aromatic heterocycles. The largest absolute Gasteiger partial charge is 0.394 e. The van der Waals surface area contributed by atoms with Gasteiger partial charge in [-0.2, -0.15) is 13.2 Å². The van der Waals surface area contributed by atoms with Gasteiger partial charge in [0.2, 0.25) is 0 Å². The zero-order valence-corrected chi connectivity index (χ0v) is 10.2. The molecule has 0 amide bonds. The second kappa shape index (κ2) is 3.64. The maximum atomic E-state index is 12.9. The SMILES string of the molecule is CCC1(C)CC1CCC1(C(F)(F)F)CCC1. The Morgan fingerprint density at radius 1 is 1.25 bits per heavy atom.